The Morgan fingerprint density at radius 2 is 0.797 bits per heavy atom. The number of allylic oxidation sites excluding steroid dienone is 12. The van der Waals surface area contributed by atoms with Gasteiger partial charge < -0.3 is 0 Å². The van der Waals surface area contributed by atoms with E-state index in [0.717, 1.165) is 32.1 Å². The van der Waals surface area contributed by atoms with Gasteiger partial charge in [0.25, 0.3) is 0 Å². The van der Waals surface area contributed by atoms with Crippen LogP contribution < -0.4 is 10.4 Å². The molecule has 0 radical (unpaired) electrons. The van der Waals surface area contributed by atoms with Crippen LogP contribution in [-0.4, -0.2) is 0 Å². The second kappa shape index (κ2) is 15.1. The predicted octanol–water partition coefficient (Wildman–Crippen LogP) is 14.2. The average molecular weight is 753 g/mol. The standard InChI is InChI=1S/C59H44/c1-4-20-41(21-5-1)56-52-32-16-17-33-53(52)57(59(43-24-8-3-9-25-43)58(56)42-22-6-2-7-23-42)45-37-35-44(36-38-45)54-46-26-10-11-27-47(39-46)55(51-31-15-14-30-50(51)54)49-34-18-28-40-19-12-13-29-48(40)49/h1-13,16-17,19-33,35-38H,14-15,18,34,39H2. The summed E-state index contributed by atoms with van der Waals surface area (Å²) in [4.78, 5) is 0. The van der Waals surface area contributed by atoms with Gasteiger partial charge in [0.2, 0.25) is 0 Å². The second-order valence-electron chi connectivity index (χ2n) is 16.0. The van der Waals surface area contributed by atoms with Crippen molar-refractivity contribution in [1.82, 2.24) is 0 Å². The molecule has 0 aromatic heterocycles. The minimum atomic E-state index is 0.910. The summed E-state index contributed by atoms with van der Waals surface area (Å²) in [7, 11) is 0. The third kappa shape index (κ3) is 6.15. The first kappa shape index (κ1) is 35.2. The first-order valence-electron chi connectivity index (χ1n) is 21.2. The van der Waals surface area contributed by atoms with Crippen LogP contribution in [0.3, 0.4) is 0 Å². The minimum absolute atomic E-state index is 0.910. The van der Waals surface area contributed by atoms with Crippen LogP contribution in [0.1, 0.15) is 37.7 Å². The van der Waals surface area contributed by atoms with Crippen LogP contribution in [0.4, 0.5) is 0 Å². The molecule has 7 aromatic rings. The summed E-state index contributed by atoms with van der Waals surface area (Å²) >= 11 is 0. The van der Waals surface area contributed by atoms with Crippen molar-refractivity contribution in [3.05, 3.63) is 244 Å². The van der Waals surface area contributed by atoms with E-state index in [1.807, 2.05) is 0 Å². The Morgan fingerprint density at radius 1 is 0.339 bits per heavy atom. The monoisotopic (exact) mass is 752 g/mol. The topological polar surface area (TPSA) is 0 Å². The summed E-state index contributed by atoms with van der Waals surface area (Å²) in [6, 6.07) is 60.6. The van der Waals surface area contributed by atoms with Gasteiger partial charge in [-0.3, -0.25) is 0 Å². The molecule has 2 bridgehead atoms. The van der Waals surface area contributed by atoms with Crippen LogP contribution >= 0.6 is 0 Å². The van der Waals surface area contributed by atoms with Gasteiger partial charge in [0.1, 0.15) is 0 Å². The van der Waals surface area contributed by atoms with Crippen LogP contribution in [0, 0.1) is 0 Å². The maximum atomic E-state index is 2.53. The fraction of sp³-hybridized carbons (Fsp3) is 0.0847. The van der Waals surface area contributed by atoms with Crippen LogP contribution in [0.2, 0.25) is 0 Å². The van der Waals surface area contributed by atoms with Gasteiger partial charge in [-0.1, -0.05) is 206 Å². The molecule has 0 heterocycles. The molecule has 0 spiro atoms. The highest BCUT2D eigenvalue weighted by Crippen LogP contribution is 2.52. The van der Waals surface area contributed by atoms with Gasteiger partial charge in [0.15, 0.2) is 0 Å². The fourth-order valence-corrected chi connectivity index (χ4v) is 10.2. The lowest BCUT2D eigenvalue weighted by Crippen LogP contribution is -2.30. The van der Waals surface area contributed by atoms with E-state index in [4.69, 9.17) is 0 Å². The quantitative estimate of drug-likeness (QED) is 0.159. The molecule has 0 N–H and O–H groups in total. The molecule has 0 saturated heterocycles. The Hall–Kier alpha value is -7.02. The Morgan fingerprint density at radius 3 is 1.39 bits per heavy atom. The molecule has 7 aromatic carbocycles. The number of hydrogen-bond acceptors (Lipinski definition) is 0. The van der Waals surface area contributed by atoms with Crippen molar-refractivity contribution in [2.24, 2.45) is 0 Å². The SMILES string of the molecule is C1=CC2=C(C3=c4ccccc4=CCC3)C3=CCCC=C3C(c3ccc(-c4c(-c5ccccc5)c(-c5ccccc5)c(-c5ccccc5)c5ccccc45)cc3)=C(C=C1)C2. The van der Waals surface area contributed by atoms with E-state index in [-0.39, 0.29) is 0 Å². The van der Waals surface area contributed by atoms with Crippen LogP contribution in [0.15, 0.2) is 228 Å². The second-order valence-corrected chi connectivity index (χ2v) is 16.0. The van der Waals surface area contributed by atoms with Crippen molar-refractivity contribution in [2.45, 2.75) is 32.1 Å². The van der Waals surface area contributed by atoms with Crippen molar-refractivity contribution in [2.75, 3.05) is 0 Å². The summed E-state index contributed by atoms with van der Waals surface area (Å²) < 4.78 is 0. The van der Waals surface area contributed by atoms with E-state index < -0.39 is 0 Å². The Labute approximate surface area is 347 Å². The van der Waals surface area contributed by atoms with Crippen LogP contribution in [0.5, 0.6) is 0 Å². The number of fused-ring (bicyclic) bond motifs is 5. The molecule has 0 aliphatic heterocycles. The lowest BCUT2D eigenvalue weighted by molar-refractivity contribution is 1.00. The molecular formula is C59H44. The maximum Gasteiger partial charge on any atom is -0.00131 e. The summed E-state index contributed by atoms with van der Waals surface area (Å²) in [5.74, 6) is 0. The Balaban J connectivity index is 1.13. The molecule has 280 valence electrons. The van der Waals surface area contributed by atoms with E-state index in [9.17, 15) is 0 Å². The molecule has 0 atom stereocenters. The van der Waals surface area contributed by atoms with Crippen molar-refractivity contribution in [3.63, 3.8) is 0 Å². The Kier molecular flexibility index (Phi) is 8.97. The van der Waals surface area contributed by atoms with Gasteiger partial charge in [-0.2, -0.15) is 0 Å². The van der Waals surface area contributed by atoms with Gasteiger partial charge >= 0.3 is 0 Å². The van der Waals surface area contributed by atoms with Gasteiger partial charge in [-0.05, 0) is 142 Å². The normalized spacial score (nSPS) is 15.8. The third-order valence-electron chi connectivity index (χ3n) is 12.6. The molecule has 0 heteroatoms. The highest BCUT2D eigenvalue weighted by molar-refractivity contribution is 6.18. The number of benzene rings is 7. The van der Waals surface area contributed by atoms with E-state index in [0.29, 0.717) is 0 Å². The molecule has 0 nitrogen and oxygen atoms in total. The summed E-state index contributed by atoms with van der Waals surface area (Å²) in [6.07, 6.45) is 21.9. The lowest BCUT2D eigenvalue weighted by atomic mass is 9.78. The van der Waals surface area contributed by atoms with E-state index in [1.54, 1.807) is 0 Å². The van der Waals surface area contributed by atoms with Gasteiger partial charge in [-0.25, -0.2) is 0 Å². The first-order valence-corrected chi connectivity index (χ1v) is 21.2. The zero-order valence-corrected chi connectivity index (χ0v) is 33.2. The molecule has 4 aliphatic carbocycles. The minimum Gasteiger partial charge on any atom is -0.0763 e. The molecular weight excluding hydrogens is 709 g/mol. The maximum absolute atomic E-state index is 2.53. The number of hydrogen-bond donors (Lipinski definition) is 0. The zero-order chi connectivity index (χ0) is 39.1. The van der Waals surface area contributed by atoms with Crippen molar-refractivity contribution in [3.8, 4) is 44.5 Å². The highest BCUT2D eigenvalue weighted by atomic mass is 14.3. The van der Waals surface area contributed by atoms with E-state index >= 15 is 0 Å². The fourth-order valence-electron chi connectivity index (χ4n) is 10.2. The highest BCUT2D eigenvalue weighted by Gasteiger charge is 2.30. The van der Waals surface area contributed by atoms with E-state index in [2.05, 4.69) is 206 Å². The largest absolute Gasteiger partial charge is 0.0763 e. The Bertz CT molecular complexity index is 3110. The first-order chi connectivity index (χ1) is 29.3. The van der Waals surface area contributed by atoms with Crippen molar-refractivity contribution in [1.29, 1.82) is 0 Å². The molecule has 0 amide bonds. The predicted molar refractivity (Wildman–Crippen MR) is 251 cm³/mol. The summed E-state index contributed by atoms with van der Waals surface area (Å²) in [5, 5.41) is 5.27. The van der Waals surface area contributed by atoms with Gasteiger partial charge in [0, 0.05) is 0 Å². The van der Waals surface area contributed by atoms with Crippen molar-refractivity contribution < 1.29 is 0 Å². The molecule has 59 heavy (non-hydrogen) atoms. The summed E-state index contributed by atoms with van der Waals surface area (Å²) in [5.41, 5.74) is 21.1. The van der Waals surface area contributed by atoms with Gasteiger partial charge in [-0.15, -0.1) is 0 Å². The van der Waals surface area contributed by atoms with Gasteiger partial charge in [0.05, 0.1) is 0 Å². The zero-order valence-electron chi connectivity index (χ0n) is 33.2. The smallest absolute Gasteiger partial charge is 0.00131 e. The van der Waals surface area contributed by atoms with E-state index in [1.165, 1.54) is 110 Å². The summed E-state index contributed by atoms with van der Waals surface area (Å²) in [6.45, 7) is 0. The third-order valence-corrected chi connectivity index (χ3v) is 12.6. The molecule has 0 fully saturated rings. The average Bonchev–Trinajstić information content (AvgIpc) is 3.63. The molecule has 0 saturated carbocycles. The lowest BCUT2D eigenvalue weighted by Gasteiger charge is -2.25. The van der Waals surface area contributed by atoms with Crippen LogP contribution in [-0.2, 0) is 0 Å². The van der Waals surface area contributed by atoms with Crippen LogP contribution in [0.25, 0.3) is 72.5 Å². The number of rotatable bonds is 6. The molecule has 0 unspecified atom stereocenters. The van der Waals surface area contributed by atoms with Crippen molar-refractivity contribution >= 4 is 28.0 Å². The molecule has 11 rings (SSSR count). The molecule has 4 aliphatic rings.